The molecule has 0 spiro atoms. The third-order valence-electron chi connectivity index (χ3n) is 5.79. The molecule has 0 aromatic heterocycles. The number of amides is 2. The summed E-state index contributed by atoms with van der Waals surface area (Å²) in [5.74, 6) is -1.82. The summed E-state index contributed by atoms with van der Waals surface area (Å²) >= 11 is 0. The van der Waals surface area contributed by atoms with Crippen molar-refractivity contribution in [3.63, 3.8) is 0 Å². The summed E-state index contributed by atoms with van der Waals surface area (Å²) < 4.78 is 38.6. The standard InChI is InChI=1S/C17H18F3N3O2/c1-16-9-22(15(25)17(18,19)20)7-6-12(16)23-8-13(24)21(2)11-5-3-4-10(16)14(11)23/h3-5,12H,6-9H2,1-2H3. The molecule has 8 heteroatoms. The second kappa shape index (κ2) is 4.89. The summed E-state index contributed by atoms with van der Waals surface area (Å²) in [6, 6.07) is 5.48. The maximum atomic E-state index is 12.9. The van der Waals surface area contributed by atoms with Gasteiger partial charge >= 0.3 is 12.1 Å². The van der Waals surface area contributed by atoms with Gasteiger partial charge in [0.1, 0.15) is 0 Å². The Labute approximate surface area is 143 Å². The average molecular weight is 353 g/mol. The van der Waals surface area contributed by atoms with Crippen LogP contribution in [0.2, 0.25) is 0 Å². The van der Waals surface area contributed by atoms with Crippen molar-refractivity contribution in [1.29, 1.82) is 0 Å². The van der Waals surface area contributed by atoms with Gasteiger partial charge in [0, 0.05) is 31.6 Å². The molecule has 1 aromatic rings. The van der Waals surface area contributed by atoms with Crippen LogP contribution >= 0.6 is 0 Å². The Morgan fingerprint density at radius 2 is 2.04 bits per heavy atom. The fraction of sp³-hybridized carbons (Fsp3) is 0.529. The zero-order chi connectivity index (χ0) is 18.1. The monoisotopic (exact) mass is 353 g/mol. The molecule has 3 aliphatic rings. The molecule has 2 unspecified atom stereocenters. The van der Waals surface area contributed by atoms with Crippen molar-refractivity contribution in [1.82, 2.24) is 4.90 Å². The van der Waals surface area contributed by atoms with Crippen molar-refractivity contribution in [2.45, 2.75) is 31.0 Å². The maximum Gasteiger partial charge on any atom is 0.471 e. The van der Waals surface area contributed by atoms with E-state index in [0.717, 1.165) is 21.8 Å². The van der Waals surface area contributed by atoms with E-state index >= 15 is 0 Å². The van der Waals surface area contributed by atoms with E-state index in [4.69, 9.17) is 0 Å². The van der Waals surface area contributed by atoms with Gasteiger partial charge in [0.15, 0.2) is 0 Å². The number of anilines is 2. The number of carbonyl (C=O) groups excluding carboxylic acids is 2. The molecule has 3 heterocycles. The third-order valence-corrected chi connectivity index (χ3v) is 5.79. The first-order chi connectivity index (χ1) is 11.6. The molecule has 1 fully saturated rings. The average Bonchev–Trinajstić information content (AvgIpc) is 2.80. The molecule has 0 saturated carbocycles. The third kappa shape index (κ3) is 2.09. The van der Waals surface area contributed by atoms with Crippen molar-refractivity contribution in [2.24, 2.45) is 0 Å². The Bertz CT molecular complexity index is 779. The van der Waals surface area contributed by atoms with Gasteiger partial charge in [-0.3, -0.25) is 9.59 Å². The lowest BCUT2D eigenvalue weighted by Gasteiger charge is -2.45. The van der Waals surface area contributed by atoms with Crippen LogP contribution < -0.4 is 9.80 Å². The highest BCUT2D eigenvalue weighted by Gasteiger charge is 2.56. The highest BCUT2D eigenvalue weighted by Crippen LogP contribution is 2.53. The molecule has 2 amide bonds. The van der Waals surface area contributed by atoms with Gasteiger partial charge in [0.2, 0.25) is 5.91 Å². The van der Waals surface area contributed by atoms with Gasteiger partial charge in [-0.15, -0.1) is 0 Å². The van der Waals surface area contributed by atoms with Crippen LogP contribution in [0.4, 0.5) is 24.5 Å². The van der Waals surface area contributed by atoms with Crippen molar-refractivity contribution >= 4 is 23.2 Å². The van der Waals surface area contributed by atoms with Crippen LogP contribution in [0.3, 0.4) is 0 Å². The zero-order valence-corrected chi connectivity index (χ0v) is 13.9. The van der Waals surface area contributed by atoms with Gasteiger partial charge in [-0.25, -0.2) is 0 Å². The molecule has 2 atom stereocenters. The van der Waals surface area contributed by atoms with E-state index in [0.29, 0.717) is 6.42 Å². The number of rotatable bonds is 0. The summed E-state index contributed by atoms with van der Waals surface area (Å²) in [5.41, 5.74) is 1.97. The first kappa shape index (κ1) is 16.2. The normalized spacial score (nSPS) is 28.1. The van der Waals surface area contributed by atoms with Crippen molar-refractivity contribution in [2.75, 3.05) is 36.5 Å². The second-order valence-electron chi connectivity index (χ2n) is 7.20. The molecule has 5 nitrogen and oxygen atoms in total. The van der Waals surface area contributed by atoms with Gasteiger partial charge in [-0.05, 0) is 18.1 Å². The van der Waals surface area contributed by atoms with Crippen molar-refractivity contribution in [3.8, 4) is 0 Å². The number of alkyl halides is 3. The summed E-state index contributed by atoms with van der Waals surface area (Å²) in [4.78, 5) is 28.5. The molecule has 3 aliphatic heterocycles. The number of hydrogen-bond acceptors (Lipinski definition) is 3. The molecule has 25 heavy (non-hydrogen) atoms. The summed E-state index contributed by atoms with van der Waals surface area (Å²) in [6.07, 6.45) is -4.46. The molecular weight excluding hydrogens is 335 g/mol. The number of halogens is 3. The Balaban J connectivity index is 1.78. The van der Waals surface area contributed by atoms with E-state index in [1.54, 1.807) is 11.9 Å². The first-order valence-electron chi connectivity index (χ1n) is 8.17. The van der Waals surface area contributed by atoms with Crippen LogP contribution in [0.25, 0.3) is 0 Å². The number of likely N-dealkylation sites (N-methyl/N-ethyl adjacent to an activating group) is 1. The van der Waals surface area contributed by atoms with Crippen molar-refractivity contribution in [3.05, 3.63) is 23.8 Å². The number of likely N-dealkylation sites (tertiary alicyclic amines) is 1. The Morgan fingerprint density at radius 3 is 2.72 bits per heavy atom. The van der Waals surface area contributed by atoms with Crippen LogP contribution in [-0.2, 0) is 15.0 Å². The molecular formula is C17H18F3N3O2. The van der Waals surface area contributed by atoms with E-state index in [9.17, 15) is 22.8 Å². The van der Waals surface area contributed by atoms with Crippen LogP contribution in [0.1, 0.15) is 18.9 Å². The molecule has 0 radical (unpaired) electrons. The quantitative estimate of drug-likeness (QED) is 0.716. The minimum Gasteiger partial charge on any atom is -0.356 e. The predicted molar refractivity (Wildman–Crippen MR) is 85.6 cm³/mol. The maximum absolute atomic E-state index is 12.9. The summed E-state index contributed by atoms with van der Waals surface area (Å²) in [7, 11) is 1.71. The number of nitrogens with zero attached hydrogens (tertiary/aromatic N) is 3. The van der Waals surface area contributed by atoms with Crippen LogP contribution in [0, 0.1) is 0 Å². The SMILES string of the molecule is CN1C(=O)CN2c3c1cccc3C1(C)CN(C(=O)C(F)(F)F)CCC21. The first-order valence-corrected chi connectivity index (χ1v) is 8.17. The van der Waals surface area contributed by atoms with E-state index in [-0.39, 0.29) is 31.6 Å². The summed E-state index contributed by atoms with van der Waals surface area (Å²) in [6.45, 7) is 2.16. The fourth-order valence-corrected chi connectivity index (χ4v) is 4.59. The zero-order valence-electron chi connectivity index (χ0n) is 13.9. The number of hydrogen-bond donors (Lipinski definition) is 0. The highest BCUT2D eigenvalue weighted by molar-refractivity contribution is 6.04. The minimum atomic E-state index is -4.86. The van der Waals surface area contributed by atoms with E-state index in [1.807, 2.05) is 30.0 Å². The van der Waals surface area contributed by atoms with Crippen LogP contribution in [0.15, 0.2) is 18.2 Å². The Kier molecular flexibility index (Phi) is 3.18. The van der Waals surface area contributed by atoms with Gasteiger partial charge in [0.05, 0.1) is 17.9 Å². The molecule has 1 aromatic carbocycles. The molecule has 1 saturated heterocycles. The minimum absolute atomic E-state index is 0.000861. The number of carbonyl (C=O) groups is 2. The largest absolute Gasteiger partial charge is 0.471 e. The highest BCUT2D eigenvalue weighted by atomic mass is 19.4. The lowest BCUT2D eigenvalue weighted by molar-refractivity contribution is -0.187. The van der Waals surface area contributed by atoms with E-state index < -0.39 is 17.5 Å². The van der Waals surface area contributed by atoms with Gasteiger partial charge in [-0.2, -0.15) is 13.2 Å². The number of piperidine rings is 1. The number of fused-ring (bicyclic) bond motifs is 3. The molecule has 4 rings (SSSR count). The Hall–Kier alpha value is -2.25. The Morgan fingerprint density at radius 1 is 1.32 bits per heavy atom. The topological polar surface area (TPSA) is 43.9 Å². The predicted octanol–water partition coefficient (Wildman–Crippen LogP) is 1.90. The molecule has 0 aliphatic carbocycles. The van der Waals surface area contributed by atoms with Gasteiger partial charge < -0.3 is 14.7 Å². The lowest BCUT2D eigenvalue weighted by Crippen LogP contribution is -2.60. The van der Waals surface area contributed by atoms with Gasteiger partial charge in [-0.1, -0.05) is 19.1 Å². The molecule has 134 valence electrons. The molecule has 0 bridgehead atoms. The fourth-order valence-electron chi connectivity index (χ4n) is 4.59. The molecule has 0 N–H and O–H groups in total. The van der Waals surface area contributed by atoms with Crippen LogP contribution in [-0.4, -0.2) is 55.6 Å². The van der Waals surface area contributed by atoms with E-state index in [2.05, 4.69) is 0 Å². The number of benzene rings is 1. The second-order valence-corrected chi connectivity index (χ2v) is 7.20. The van der Waals surface area contributed by atoms with E-state index in [1.165, 1.54) is 0 Å². The summed E-state index contributed by atoms with van der Waals surface area (Å²) in [5, 5.41) is 0. The number of para-hydroxylation sites is 1. The lowest BCUT2D eigenvalue weighted by atomic mass is 9.74. The van der Waals surface area contributed by atoms with Gasteiger partial charge in [0.25, 0.3) is 0 Å². The van der Waals surface area contributed by atoms with Crippen LogP contribution in [0.5, 0.6) is 0 Å². The van der Waals surface area contributed by atoms with Crippen molar-refractivity contribution < 1.29 is 22.8 Å². The smallest absolute Gasteiger partial charge is 0.356 e.